The highest BCUT2D eigenvalue weighted by Crippen LogP contribution is 2.37. The summed E-state index contributed by atoms with van der Waals surface area (Å²) in [5, 5.41) is 16.4. The molecule has 0 unspecified atom stereocenters. The number of anilines is 1. The molecule has 1 saturated heterocycles. The van der Waals surface area contributed by atoms with Crippen molar-refractivity contribution in [3.8, 4) is 17.2 Å². The van der Waals surface area contributed by atoms with Gasteiger partial charge >= 0.3 is 6.09 Å². The first-order chi connectivity index (χ1) is 16.8. The van der Waals surface area contributed by atoms with Crippen LogP contribution in [-0.2, 0) is 4.74 Å². The first-order valence-corrected chi connectivity index (χ1v) is 12.0. The van der Waals surface area contributed by atoms with Gasteiger partial charge in [0.05, 0.1) is 11.6 Å². The number of hydrogen-bond acceptors (Lipinski definition) is 5. The Balaban J connectivity index is 1.47. The van der Waals surface area contributed by atoms with Gasteiger partial charge in [-0.3, -0.25) is 0 Å². The number of likely N-dealkylation sites (tertiary alicyclic amines) is 1. The summed E-state index contributed by atoms with van der Waals surface area (Å²) in [7, 11) is 0. The molecule has 7 nitrogen and oxygen atoms in total. The summed E-state index contributed by atoms with van der Waals surface area (Å²) >= 11 is 0. The van der Waals surface area contributed by atoms with E-state index < -0.39 is 5.60 Å². The van der Waals surface area contributed by atoms with Crippen molar-refractivity contribution in [3.05, 3.63) is 60.4 Å². The van der Waals surface area contributed by atoms with Gasteiger partial charge in [0.25, 0.3) is 0 Å². The van der Waals surface area contributed by atoms with Gasteiger partial charge in [-0.1, -0.05) is 24.3 Å². The molecule has 4 aromatic rings. The molecule has 0 saturated carbocycles. The number of ether oxygens (including phenoxy) is 1. The van der Waals surface area contributed by atoms with Crippen molar-refractivity contribution < 1.29 is 9.53 Å². The van der Waals surface area contributed by atoms with Crippen molar-refractivity contribution in [2.24, 2.45) is 0 Å². The summed E-state index contributed by atoms with van der Waals surface area (Å²) in [5.41, 5.74) is 3.02. The minimum Gasteiger partial charge on any atom is -0.444 e. The molecule has 1 fully saturated rings. The molecule has 35 heavy (non-hydrogen) atoms. The molecule has 2 aromatic heterocycles. The van der Waals surface area contributed by atoms with Gasteiger partial charge in [0.2, 0.25) is 0 Å². The second kappa shape index (κ2) is 8.95. The van der Waals surface area contributed by atoms with E-state index in [1.807, 2.05) is 69.6 Å². The number of rotatable bonds is 3. The average Bonchev–Trinajstić information content (AvgIpc) is 3.26. The van der Waals surface area contributed by atoms with Crippen LogP contribution < -0.4 is 5.32 Å². The van der Waals surface area contributed by atoms with Crippen LogP contribution in [0.1, 0.15) is 39.2 Å². The fourth-order valence-corrected chi connectivity index (χ4v) is 4.75. The standard InChI is InChI=1S/C28H29N5O2/c1-28(2,3)35-27(34)33-12-6-7-20(17-33)32-25-13-22-19(15-31-25)11-10-18(14-29)26(22)23-16-30-24-9-5-4-8-21(23)24/h4-5,8-11,13,15-16,20,30H,6-7,12,17H2,1-3H3,(H,31,32)/t20-/m0/s1. The molecule has 7 heteroatoms. The van der Waals surface area contributed by atoms with Gasteiger partial charge in [-0.25, -0.2) is 9.78 Å². The van der Waals surface area contributed by atoms with Crippen molar-refractivity contribution in [1.29, 1.82) is 5.26 Å². The Morgan fingerprint density at radius 1 is 1.23 bits per heavy atom. The molecule has 1 atom stereocenters. The molecule has 2 N–H and O–H groups in total. The molecule has 3 heterocycles. The zero-order valence-electron chi connectivity index (χ0n) is 20.3. The minimum atomic E-state index is -0.519. The van der Waals surface area contributed by atoms with Crippen molar-refractivity contribution in [3.63, 3.8) is 0 Å². The molecule has 1 amide bonds. The van der Waals surface area contributed by atoms with E-state index in [0.717, 1.165) is 51.5 Å². The predicted molar refractivity (Wildman–Crippen MR) is 138 cm³/mol. The largest absolute Gasteiger partial charge is 0.444 e. The number of pyridine rings is 1. The fraction of sp³-hybridized carbons (Fsp3) is 0.321. The molecule has 0 spiro atoms. The zero-order chi connectivity index (χ0) is 24.6. The normalized spacial score (nSPS) is 16.3. The molecule has 0 bridgehead atoms. The third kappa shape index (κ3) is 4.65. The maximum Gasteiger partial charge on any atom is 0.410 e. The summed E-state index contributed by atoms with van der Waals surface area (Å²) in [6, 6.07) is 16.3. The SMILES string of the molecule is CC(C)(C)OC(=O)N1CCC[C@H](Nc2cc3c(-c4c[nH]c5ccccc45)c(C#N)ccc3cn2)C1. The van der Waals surface area contributed by atoms with Crippen LogP contribution in [0.3, 0.4) is 0 Å². The number of fused-ring (bicyclic) bond motifs is 2. The topological polar surface area (TPSA) is 94.0 Å². The van der Waals surface area contributed by atoms with E-state index in [-0.39, 0.29) is 12.1 Å². The zero-order valence-corrected chi connectivity index (χ0v) is 20.3. The van der Waals surface area contributed by atoms with Crippen molar-refractivity contribution >= 4 is 33.6 Å². The molecular formula is C28H29N5O2. The third-order valence-corrected chi connectivity index (χ3v) is 6.31. The summed E-state index contributed by atoms with van der Waals surface area (Å²) < 4.78 is 5.56. The monoisotopic (exact) mass is 467 g/mol. The minimum absolute atomic E-state index is 0.0666. The van der Waals surface area contributed by atoms with Gasteiger partial charge in [0.15, 0.2) is 0 Å². The average molecular weight is 468 g/mol. The van der Waals surface area contributed by atoms with Crippen molar-refractivity contribution in [2.75, 3.05) is 18.4 Å². The Bertz CT molecular complexity index is 1440. The number of para-hydroxylation sites is 1. The highest BCUT2D eigenvalue weighted by molar-refractivity contribution is 6.07. The lowest BCUT2D eigenvalue weighted by molar-refractivity contribution is 0.0206. The molecular weight excluding hydrogens is 438 g/mol. The lowest BCUT2D eigenvalue weighted by Gasteiger charge is -2.34. The smallest absolute Gasteiger partial charge is 0.410 e. The lowest BCUT2D eigenvalue weighted by Crippen LogP contribution is -2.47. The summed E-state index contributed by atoms with van der Waals surface area (Å²) in [4.78, 5) is 22.3. The molecule has 1 aliphatic heterocycles. The summed E-state index contributed by atoms with van der Waals surface area (Å²) in [5.74, 6) is 0.727. The van der Waals surface area contributed by atoms with Crippen LogP contribution in [0.15, 0.2) is 54.9 Å². The first-order valence-electron chi connectivity index (χ1n) is 12.0. The quantitative estimate of drug-likeness (QED) is 0.382. The number of hydrogen-bond donors (Lipinski definition) is 2. The Morgan fingerprint density at radius 3 is 2.86 bits per heavy atom. The molecule has 1 aliphatic rings. The van der Waals surface area contributed by atoms with E-state index in [1.165, 1.54) is 0 Å². The molecule has 5 rings (SSSR count). The predicted octanol–water partition coefficient (Wildman–Crippen LogP) is 6.07. The van der Waals surface area contributed by atoms with Gasteiger partial charge < -0.3 is 19.9 Å². The maximum absolute atomic E-state index is 12.6. The highest BCUT2D eigenvalue weighted by Gasteiger charge is 2.28. The summed E-state index contributed by atoms with van der Waals surface area (Å²) in [6.07, 6.45) is 5.35. The Kier molecular flexibility index (Phi) is 5.81. The maximum atomic E-state index is 12.6. The van der Waals surface area contributed by atoms with Crippen LogP contribution in [-0.4, -0.2) is 45.7 Å². The number of aromatic amines is 1. The second-order valence-electron chi connectivity index (χ2n) is 10.0. The van der Waals surface area contributed by atoms with Crippen molar-refractivity contribution in [1.82, 2.24) is 14.9 Å². The van der Waals surface area contributed by atoms with Gasteiger partial charge in [0.1, 0.15) is 11.4 Å². The van der Waals surface area contributed by atoms with Crippen LogP contribution in [0.4, 0.5) is 10.6 Å². The highest BCUT2D eigenvalue weighted by atomic mass is 16.6. The molecule has 178 valence electrons. The fourth-order valence-electron chi connectivity index (χ4n) is 4.75. The number of nitriles is 1. The van der Waals surface area contributed by atoms with E-state index >= 15 is 0 Å². The number of benzene rings is 2. The van der Waals surface area contributed by atoms with E-state index in [4.69, 9.17) is 4.74 Å². The molecule has 0 radical (unpaired) electrons. The third-order valence-electron chi connectivity index (χ3n) is 6.31. The number of piperidine rings is 1. The Morgan fingerprint density at radius 2 is 2.06 bits per heavy atom. The van der Waals surface area contributed by atoms with Crippen LogP contribution in [0.5, 0.6) is 0 Å². The van der Waals surface area contributed by atoms with Crippen LogP contribution in [0.25, 0.3) is 32.8 Å². The van der Waals surface area contributed by atoms with Gasteiger partial charge in [-0.05, 0) is 57.2 Å². The van der Waals surface area contributed by atoms with E-state index in [9.17, 15) is 10.1 Å². The number of amides is 1. The van der Waals surface area contributed by atoms with E-state index in [0.29, 0.717) is 18.7 Å². The Labute approximate surface area is 204 Å². The van der Waals surface area contributed by atoms with Gasteiger partial charge in [0, 0.05) is 58.9 Å². The van der Waals surface area contributed by atoms with E-state index in [2.05, 4.69) is 27.4 Å². The van der Waals surface area contributed by atoms with Crippen LogP contribution in [0, 0.1) is 11.3 Å². The lowest BCUT2D eigenvalue weighted by atomic mass is 9.94. The number of aromatic nitrogens is 2. The second-order valence-corrected chi connectivity index (χ2v) is 10.0. The summed E-state index contributed by atoms with van der Waals surface area (Å²) in [6.45, 7) is 6.88. The number of nitrogens with zero attached hydrogens (tertiary/aromatic N) is 3. The molecule has 2 aromatic carbocycles. The van der Waals surface area contributed by atoms with Crippen molar-refractivity contribution in [2.45, 2.75) is 45.3 Å². The number of nitrogens with one attached hydrogen (secondary N) is 2. The van der Waals surface area contributed by atoms with Gasteiger partial charge in [-0.2, -0.15) is 5.26 Å². The van der Waals surface area contributed by atoms with Crippen LogP contribution >= 0.6 is 0 Å². The van der Waals surface area contributed by atoms with Crippen LogP contribution in [0.2, 0.25) is 0 Å². The number of carbonyl (C=O) groups excluding carboxylic acids is 1. The Hall–Kier alpha value is -4.05. The number of carbonyl (C=O) groups is 1. The molecule has 0 aliphatic carbocycles. The number of H-pyrrole nitrogens is 1. The first kappa shape index (κ1) is 22.7. The van der Waals surface area contributed by atoms with E-state index in [1.54, 1.807) is 4.90 Å². The van der Waals surface area contributed by atoms with Gasteiger partial charge in [-0.15, -0.1) is 0 Å².